The molecular weight excluding hydrogens is 462 g/mol. The summed E-state index contributed by atoms with van der Waals surface area (Å²) in [7, 11) is -2.31. The maximum atomic E-state index is 14.0. The van der Waals surface area contributed by atoms with Crippen LogP contribution in [0.25, 0.3) is 0 Å². The number of sulfonamides is 1. The van der Waals surface area contributed by atoms with E-state index in [2.05, 4.69) is 5.32 Å². The Morgan fingerprint density at radius 3 is 2.53 bits per heavy atom. The number of carbonyl (C=O) groups excluding carboxylic acids is 1. The van der Waals surface area contributed by atoms with Gasteiger partial charge < -0.3 is 10.1 Å². The highest BCUT2D eigenvalue weighted by molar-refractivity contribution is 7.92. The number of fused-ring (bicyclic) bond motifs is 1. The quantitative estimate of drug-likeness (QED) is 0.532. The van der Waals surface area contributed by atoms with Crippen LogP contribution in [0.15, 0.2) is 65.6 Å². The van der Waals surface area contributed by atoms with Crippen molar-refractivity contribution >= 4 is 27.3 Å². The summed E-state index contributed by atoms with van der Waals surface area (Å²) in [5.74, 6) is -2.54. The number of halogens is 2. The molecule has 0 atom stereocenters. The molecule has 1 aliphatic heterocycles. The molecule has 1 heterocycles. The van der Waals surface area contributed by atoms with Gasteiger partial charge in [0.25, 0.3) is 15.9 Å². The average molecular weight is 487 g/mol. The Morgan fingerprint density at radius 1 is 1.06 bits per heavy atom. The van der Waals surface area contributed by atoms with Gasteiger partial charge in [-0.1, -0.05) is 24.3 Å². The number of methoxy groups -OCH3 is 1. The number of rotatable bonds is 7. The van der Waals surface area contributed by atoms with Crippen molar-refractivity contribution in [3.8, 4) is 0 Å². The summed E-state index contributed by atoms with van der Waals surface area (Å²) in [4.78, 5) is 12.9. The van der Waals surface area contributed by atoms with Crippen LogP contribution in [0.5, 0.6) is 0 Å². The third-order valence-corrected chi connectivity index (χ3v) is 7.52. The number of hydrogen-bond donors (Lipinski definition) is 1. The van der Waals surface area contributed by atoms with Crippen molar-refractivity contribution in [2.24, 2.45) is 0 Å². The van der Waals surface area contributed by atoms with E-state index >= 15 is 0 Å². The number of nitrogens with one attached hydrogen (secondary N) is 1. The van der Waals surface area contributed by atoms with E-state index in [1.807, 2.05) is 6.07 Å². The summed E-state index contributed by atoms with van der Waals surface area (Å²) < 4.78 is 61.4. The maximum Gasteiger partial charge on any atom is 0.264 e. The summed E-state index contributed by atoms with van der Waals surface area (Å²) >= 11 is 0. The van der Waals surface area contributed by atoms with Gasteiger partial charge in [-0.25, -0.2) is 17.2 Å². The molecular formula is C25H24F2N2O4S. The predicted octanol–water partition coefficient (Wildman–Crippen LogP) is 4.55. The largest absolute Gasteiger partial charge is 0.384 e. The van der Waals surface area contributed by atoms with Crippen LogP contribution in [0.2, 0.25) is 0 Å². The van der Waals surface area contributed by atoms with E-state index in [4.69, 9.17) is 4.74 Å². The smallest absolute Gasteiger partial charge is 0.264 e. The molecule has 0 unspecified atom stereocenters. The fourth-order valence-corrected chi connectivity index (χ4v) is 5.55. The number of para-hydroxylation sites is 1. The van der Waals surface area contributed by atoms with Gasteiger partial charge >= 0.3 is 0 Å². The number of anilines is 2. The first kappa shape index (κ1) is 23.8. The van der Waals surface area contributed by atoms with E-state index in [1.54, 1.807) is 25.3 Å². The Hall–Kier alpha value is -3.30. The van der Waals surface area contributed by atoms with Crippen molar-refractivity contribution in [3.63, 3.8) is 0 Å². The molecule has 0 spiro atoms. The molecule has 0 aromatic heterocycles. The number of carbonyl (C=O) groups is 1. The minimum atomic E-state index is -3.90. The maximum absolute atomic E-state index is 14.0. The monoisotopic (exact) mass is 486 g/mol. The van der Waals surface area contributed by atoms with Crippen LogP contribution in [0.4, 0.5) is 20.2 Å². The van der Waals surface area contributed by atoms with Crippen LogP contribution in [-0.4, -0.2) is 34.6 Å². The second-order valence-corrected chi connectivity index (χ2v) is 9.83. The molecule has 178 valence electrons. The van der Waals surface area contributed by atoms with E-state index in [-0.39, 0.29) is 17.0 Å². The highest BCUT2D eigenvalue weighted by Gasteiger charge is 2.30. The van der Waals surface area contributed by atoms with Gasteiger partial charge in [-0.05, 0) is 66.8 Å². The van der Waals surface area contributed by atoms with E-state index in [0.29, 0.717) is 31.6 Å². The Morgan fingerprint density at radius 2 is 1.79 bits per heavy atom. The number of benzene rings is 3. The van der Waals surface area contributed by atoms with Crippen LogP contribution in [0.3, 0.4) is 0 Å². The third kappa shape index (κ3) is 4.80. The van der Waals surface area contributed by atoms with E-state index in [1.165, 1.54) is 28.6 Å². The summed E-state index contributed by atoms with van der Waals surface area (Å²) in [6.07, 6.45) is 1.86. The van der Waals surface area contributed by atoms with E-state index in [9.17, 15) is 22.0 Å². The van der Waals surface area contributed by atoms with Crippen molar-refractivity contribution in [3.05, 3.63) is 89.0 Å². The predicted molar refractivity (Wildman–Crippen MR) is 126 cm³/mol. The molecule has 9 heteroatoms. The normalized spacial score (nSPS) is 13.4. The highest BCUT2D eigenvalue weighted by Crippen LogP contribution is 2.33. The first-order valence-electron chi connectivity index (χ1n) is 10.8. The molecule has 0 radical (unpaired) electrons. The number of hydrogen-bond acceptors (Lipinski definition) is 4. The second-order valence-electron chi connectivity index (χ2n) is 7.97. The van der Waals surface area contributed by atoms with Gasteiger partial charge in [0.1, 0.15) is 17.3 Å². The first-order valence-corrected chi connectivity index (χ1v) is 12.2. The third-order valence-electron chi connectivity index (χ3n) is 5.71. The molecule has 0 saturated carbocycles. The molecule has 1 amide bonds. The molecule has 1 aliphatic rings. The molecule has 0 aliphatic carbocycles. The number of ether oxygens (including phenoxy) is 1. The van der Waals surface area contributed by atoms with Crippen LogP contribution in [0, 0.1) is 11.6 Å². The minimum Gasteiger partial charge on any atom is -0.384 e. The Bertz CT molecular complexity index is 1310. The van der Waals surface area contributed by atoms with E-state index in [0.717, 1.165) is 23.3 Å². The van der Waals surface area contributed by atoms with Gasteiger partial charge in [0.05, 0.1) is 17.2 Å². The molecule has 0 fully saturated rings. The van der Waals surface area contributed by atoms with Gasteiger partial charge in [0.15, 0.2) is 0 Å². The van der Waals surface area contributed by atoms with Gasteiger partial charge in [0.2, 0.25) is 0 Å². The van der Waals surface area contributed by atoms with Crippen molar-refractivity contribution in [2.45, 2.75) is 24.2 Å². The van der Waals surface area contributed by atoms with Gasteiger partial charge in [-0.15, -0.1) is 0 Å². The molecule has 6 nitrogen and oxygen atoms in total. The molecule has 3 aromatic carbocycles. The zero-order valence-electron chi connectivity index (χ0n) is 18.6. The molecule has 0 saturated heterocycles. The Kier molecular flexibility index (Phi) is 6.95. The molecule has 0 bridgehead atoms. The van der Waals surface area contributed by atoms with Crippen molar-refractivity contribution in [1.82, 2.24) is 0 Å². The van der Waals surface area contributed by atoms with E-state index < -0.39 is 33.3 Å². The minimum absolute atomic E-state index is 0.0948. The lowest BCUT2D eigenvalue weighted by Crippen LogP contribution is -2.35. The SMILES string of the molecule is COCCc1cccc(S(=O)(=O)N2CCCc3ccc(C(=O)Nc4c(F)cccc4F)cc32)c1. The number of nitrogens with zero attached hydrogens (tertiary/aromatic N) is 1. The van der Waals surface area contributed by atoms with Crippen LogP contribution in [0.1, 0.15) is 27.9 Å². The van der Waals surface area contributed by atoms with Gasteiger partial charge in [-0.3, -0.25) is 9.10 Å². The summed E-state index contributed by atoms with van der Waals surface area (Å²) in [5, 5.41) is 2.25. The number of aryl methyl sites for hydroxylation is 1. The molecule has 4 rings (SSSR count). The van der Waals surface area contributed by atoms with Gasteiger partial charge in [-0.2, -0.15) is 0 Å². The lowest BCUT2D eigenvalue weighted by molar-refractivity contribution is 0.102. The molecule has 3 aromatic rings. The van der Waals surface area contributed by atoms with Crippen molar-refractivity contribution in [2.75, 3.05) is 29.9 Å². The van der Waals surface area contributed by atoms with Crippen molar-refractivity contribution < 1.29 is 26.7 Å². The summed E-state index contributed by atoms with van der Waals surface area (Å²) in [5.41, 5.74) is 1.54. The zero-order chi connectivity index (χ0) is 24.3. The topological polar surface area (TPSA) is 75.7 Å². The standard InChI is InChI=1S/C25H24F2N2O4S/c1-33-14-12-17-5-2-7-20(15-17)34(31,32)29-13-4-6-18-10-11-19(16-23(18)29)25(30)28-24-21(26)8-3-9-22(24)27/h2-3,5,7-11,15-16H,4,6,12-14H2,1H3,(H,28,30). The lowest BCUT2D eigenvalue weighted by Gasteiger charge is -2.31. The summed E-state index contributed by atoms with van der Waals surface area (Å²) in [6, 6.07) is 14.6. The van der Waals surface area contributed by atoms with Crippen LogP contribution >= 0.6 is 0 Å². The molecule has 34 heavy (non-hydrogen) atoms. The first-order chi connectivity index (χ1) is 16.3. The number of amides is 1. The lowest BCUT2D eigenvalue weighted by atomic mass is 10.0. The average Bonchev–Trinajstić information content (AvgIpc) is 2.84. The van der Waals surface area contributed by atoms with Crippen LogP contribution < -0.4 is 9.62 Å². The Balaban J connectivity index is 1.66. The fourth-order valence-electron chi connectivity index (χ4n) is 3.94. The van der Waals surface area contributed by atoms with Crippen molar-refractivity contribution in [1.29, 1.82) is 0 Å². The molecule has 1 N–H and O–H groups in total. The highest BCUT2D eigenvalue weighted by atomic mass is 32.2. The van der Waals surface area contributed by atoms with Crippen LogP contribution in [-0.2, 0) is 27.6 Å². The zero-order valence-corrected chi connectivity index (χ0v) is 19.4. The Labute approximate surface area is 197 Å². The fraction of sp³-hybridized carbons (Fsp3) is 0.240. The summed E-state index contributed by atoms with van der Waals surface area (Å²) in [6.45, 7) is 0.724. The van der Waals surface area contributed by atoms with Gasteiger partial charge in [0, 0.05) is 19.2 Å². The second kappa shape index (κ2) is 9.90.